The number of sulfonamides is 1. The molecule has 0 aromatic heterocycles. The molecule has 0 heterocycles. The first-order valence-electron chi connectivity index (χ1n) is 6.25. The SMILES string of the molecule is COc1ccc(/C=N\S(=O)(=O)c2ccccc2)c(Cl)c1OC. The summed E-state index contributed by atoms with van der Waals surface area (Å²) in [6.45, 7) is 0. The van der Waals surface area contributed by atoms with Gasteiger partial charge in [-0.25, -0.2) is 0 Å². The lowest BCUT2D eigenvalue weighted by Crippen LogP contribution is -1.99. The predicted molar refractivity (Wildman–Crippen MR) is 85.8 cm³/mol. The van der Waals surface area contributed by atoms with Gasteiger partial charge < -0.3 is 9.47 Å². The Balaban J connectivity index is 2.39. The van der Waals surface area contributed by atoms with Crippen LogP contribution < -0.4 is 9.47 Å². The molecular weight excluding hydrogens is 326 g/mol. The molecule has 0 aliphatic heterocycles. The molecule has 0 unspecified atom stereocenters. The molecule has 5 nitrogen and oxygen atoms in total. The molecule has 0 bridgehead atoms. The van der Waals surface area contributed by atoms with Crippen molar-refractivity contribution < 1.29 is 17.9 Å². The van der Waals surface area contributed by atoms with Gasteiger partial charge >= 0.3 is 0 Å². The fourth-order valence-corrected chi connectivity index (χ4v) is 2.94. The summed E-state index contributed by atoms with van der Waals surface area (Å²) in [6.07, 6.45) is 1.19. The Labute approximate surface area is 134 Å². The molecule has 0 saturated heterocycles. The number of halogens is 1. The van der Waals surface area contributed by atoms with E-state index in [9.17, 15) is 8.42 Å². The highest BCUT2D eigenvalue weighted by atomic mass is 35.5. The summed E-state index contributed by atoms with van der Waals surface area (Å²) in [4.78, 5) is 0.114. The number of rotatable bonds is 5. The first-order chi connectivity index (χ1) is 10.5. The minimum absolute atomic E-state index is 0.114. The van der Waals surface area contributed by atoms with Crippen LogP contribution in [0, 0.1) is 0 Å². The number of nitrogens with zero attached hydrogens (tertiary/aromatic N) is 1. The maximum atomic E-state index is 12.1. The van der Waals surface area contributed by atoms with E-state index >= 15 is 0 Å². The molecule has 0 aliphatic carbocycles. The predicted octanol–water partition coefficient (Wildman–Crippen LogP) is 3.17. The van der Waals surface area contributed by atoms with Gasteiger partial charge in [-0.1, -0.05) is 29.8 Å². The lowest BCUT2D eigenvalue weighted by molar-refractivity contribution is 0.355. The van der Waals surface area contributed by atoms with Gasteiger partial charge in [0.25, 0.3) is 10.0 Å². The summed E-state index contributed by atoms with van der Waals surface area (Å²) >= 11 is 6.18. The van der Waals surface area contributed by atoms with Gasteiger partial charge in [0, 0.05) is 11.8 Å². The summed E-state index contributed by atoms with van der Waals surface area (Å²) in [5, 5.41) is 0.230. The molecule has 0 aliphatic rings. The highest BCUT2D eigenvalue weighted by molar-refractivity contribution is 7.90. The van der Waals surface area contributed by atoms with Crippen LogP contribution >= 0.6 is 11.6 Å². The standard InChI is InChI=1S/C15H14ClNO4S/c1-20-13-9-8-11(14(16)15(13)21-2)10-17-22(18,19)12-6-4-3-5-7-12/h3-10H,1-2H3/b17-10-. The van der Waals surface area contributed by atoms with Crippen molar-refractivity contribution in [3.8, 4) is 11.5 Å². The second-order valence-corrected chi connectivity index (χ2v) is 6.24. The number of methoxy groups -OCH3 is 2. The molecule has 0 amide bonds. The van der Waals surface area contributed by atoms with Crippen LogP contribution in [0.5, 0.6) is 11.5 Å². The van der Waals surface area contributed by atoms with Crippen LogP contribution in [0.1, 0.15) is 5.56 Å². The van der Waals surface area contributed by atoms with Crippen molar-refractivity contribution in [2.45, 2.75) is 4.90 Å². The Morgan fingerprint density at radius 1 is 1.05 bits per heavy atom. The van der Waals surface area contributed by atoms with Gasteiger partial charge in [-0.15, -0.1) is 0 Å². The van der Waals surface area contributed by atoms with E-state index in [0.29, 0.717) is 17.1 Å². The van der Waals surface area contributed by atoms with Gasteiger partial charge in [-0.2, -0.15) is 12.8 Å². The molecule has 2 aromatic carbocycles. The third kappa shape index (κ3) is 3.40. The summed E-state index contributed by atoms with van der Waals surface area (Å²) in [5.74, 6) is 0.779. The number of hydrogen-bond acceptors (Lipinski definition) is 4. The number of ether oxygens (including phenoxy) is 2. The van der Waals surface area contributed by atoms with Crippen LogP contribution in [0.25, 0.3) is 0 Å². The minimum atomic E-state index is -3.77. The van der Waals surface area contributed by atoms with Crippen molar-refractivity contribution in [2.24, 2.45) is 4.40 Å². The van der Waals surface area contributed by atoms with E-state index in [1.807, 2.05) is 0 Å². The summed E-state index contributed by atoms with van der Waals surface area (Å²) in [5.41, 5.74) is 0.416. The molecule has 0 fully saturated rings. The topological polar surface area (TPSA) is 65.0 Å². The van der Waals surface area contributed by atoms with Crippen molar-refractivity contribution in [2.75, 3.05) is 14.2 Å². The highest BCUT2D eigenvalue weighted by Crippen LogP contribution is 2.36. The van der Waals surface area contributed by atoms with Gasteiger partial charge in [0.1, 0.15) is 0 Å². The Hall–Kier alpha value is -2.05. The van der Waals surface area contributed by atoms with Crippen molar-refractivity contribution in [3.05, 3.63) is 53.1 Å². The van der Waals surface area contributed by atoms with Crippen molar-refractivity contribution in [1.29, 1.82) is 0 Å². The van der Waals surface area contributed by atoms with E-state index in [1.54, 1.807) is 30.3 Å². The maximum Gasteiger partial charge on any atom is 0.282 e. The average Bonchev–Trinajstić information content (AvgIpc) is 2.54. The van der Waals surface area contributed by atoms with Crippen LogP contribution in [-0.2, 0) is 10.0 Å². The third-order valence-corrected chi connectivity index (χ3v) is 4.53. The molecule has 0 spiro atoms. The second-order valence-electron chi connectivity index (χ2n) is 4.23. The zero-order valence-electron chi connectivity index (χ0n) is 12.0. The van der Waals surface area contributed by atoms with Crippen molar-refractivity contribution >= 4 is 27.8 Å². The third-order valence-electron chi connectivity index (χ3n) is 2.89. The van der Waals surface area contributed by atoms with E-state index in [1.165, 1.54) is 32.6 Å². The summed E-state index contributed by atoms with van der Waals surface area (Å²) in [7, 11) is -0.834. The molecule has 2 aromatic rings. The summed E-state index contributed by atoms with van der Waals surface area (Å²) in [6, 6.07) is 11.2. The molecule has 2 rings (SSSR count). The van der Waals surface area contributed by atoms with Crippen LogP contribution in [-0.4, -0.2) is 28.9 Å². The zero-order valence-corrected chi connectivity index (χ0v) is 13.6. The van der Waals surface area contributed by atoms with Gasteiger partial charge in [0.2, 0.25) is 0 Å². The molecular formula is C15H14ClNO4S. The number of hydrogen-bond donors (Lipinski definition) is 0. The quantitative estimate of drug-likeness (QED) is 0.785. The first-order valence-corrected chi connectivity index (χ1v) is 8.07. The van der Waals surface area contributed by atoms with Gasteiger partial charge in [0.15, 0.2) is 11.5 Å². The molecule has 0 radical (unpaired) electrons. The highest BCUT2D eigenvalue weighted by Gasteiger charge is 2.14. The van der Waals surface area contributed by atoms with Crippen LogP contribution in [0.2, 0.25) is 5.02 Å². The Kier molecular flexibility index (Phi) is 5.05. The molecule has 0 saturated carbocycles. The monoisotopic (exact) mass is 339 g/mol. The molecule has 116 valence electrons. The fourth-order valence-electron chi connectivity index (χ4n) is 1.78. The first kappa shape index (κ1) is 16.3. The number of benzene rings is 2. The van der Waals surface area contributed by atoms with E-state index in [2.05, 4.69) is 4.40 Å². The van der Waals surface area contributed by atoms with E-state index in [-0.39, 0.29) is 9.92 Å². The summed E-state index contributed by atoms with van der Waals surface area (Å²) < 4.78 is 38.1. The normalized spacial score (nSPS) is 11.6. The van der Waals surface area contributed by atoms with E-state index < -0.39 is 10.0 Å². The van der Waals surface area contributed by atoms with Gasteiger partial charge in [0.05, 0.1) is 24.1 Å². The van der Waals surface area contributed by atoms with Crippen molar-refractivity contribution in [3.63, 3.8) is 0 Å². The van der Waals surface area contributed by atoms with Crippen LogP contribution in [0.3, 0.4) is 0 Å². The lowest BCUT2D eigenvalue weighted by atomic mass is 10.2. The largest absolute Gasteiger partial charge is 0.493 e. The molecule has 7 heteroatoms. The van der Waals surface area contributed by atoms with Crippen LogP contribution in [0.15, 0.2) is 51.8 Å². The van der Waals surface area contributed by atoms with E-state index in [4.69, 9.17) is 21.1 Å². The minimum Gasteiger partial charge on any atom is -0.493 e. The zero-order chi connectivity index (χ0) is 16.2. The lowest BCUT2D eigenvalue weighted by Gasteiger charge is -2.10. The molecule has 0 N–H and O–H groups in total. The molecule has 0 atom stereocenters. The van der Waals surface area contributed by atoms with E-state index in [0.717, 1.165) is 0 Å². The second kappa shape index (κ2) is 6.81. The average molecular weight is 340 g/mol. The molecule has 22 heavy (non-hydrogen) atoms. The van der Waals surface area contributed by atoms with Crippen molar-refractivity contribution in [1.82, 2.24) is 0 Å². The Bertz CT molecular complexity index is 789. The van der Waals surface area contributed by atoms with Gasteiger partial charge in [-0.05, 0) is 24.3 Å². The van der Waals surface area contributed by atoms with Crippen LogP contribution in [0.4, 0.5) is 0 Å². The van der Waals surface area contributed by atoms with Gasteiger partial charge in [-0.3, -0.25) is 0 Å². The Morgan fingerprint density at radius 3 is 2.32 bits per heavy atom. The maximum absolute atomic E-state index is 12.1. The fraction of sp³-hybridized carbons (Fsp3) is 0.133. The smallest absolute Gasteiger partial charge is 0.282 e. The Morgan fingerprint density at radius 2 is 1.73 bits per heavy atom.